The monoisotopic (exact) mass is 262 g/mol. The molecule has 2 rings (SSSR count). The van der Waals surface area contributed by atoms with Crippen molar-refractivity contribution >= 4 is 32.3 Å². The Labute approximate surface area is 106 Å². The van der Waals surface area contributed by atoms with E-state index in [0.29, 0.717) is 0 Å². The number of ketones is 1. The van der Waals surface area contributed by atoms with E-state index < -0.39 is 16.1 Å². The molecule has 0 N–H and O–H groups in total. The maximum absolute atomic E-state index is 11.5. The largest absolute Gasteiger partial charge is 0.295 e. The van der Waals surface area contributed by atoms with Crippen LogP contribution in [0.3, 0.4) is 0 Å². The maximum Gasteiger partial charge on any atom is 0.159 e. The van der Waals surface area contributed by atoms with Crippen LogP contribution in [-0.2, 0) is 0 Å². The first-order valence-electron chi connectivity index (χ1n) is 6.40. The van der Waals surface area contributed by atoms with Crippen molar-refractivity contribution in [3.05, 3.63) is 23.8 Å². The van der Waals surface area contributed by atoms with E-state index in [1.165, 1.54) is 12.1 Å². The first-order valence-corrected chi connectivity index (χ1v) is 12.8. The van der Waals surface area contributed by atoms with E-state index in [4.69, 9.17) is 0 Å². The first-order chi connectivity index (χ1) is 7.74. The standard InChI is InChI=1S/C14H22OSi2/c1-11(15)12-6-7-13-14(10-12)17(4,5)9-8-16(13,2)3/h6-7,10H,8-9H2,1-5H3. The van der Waals surface area contributed by atoms with Crippen LogP contribution in [0.4, 0.5) is 0 Å². The van der Waals surface area contributed by atoms with Crippen molar-refractivity contribution in [2.45, 2.75) is 45.2 Å². The summed E-state index contributed by atoms with van der Waals surface area (Å²) in [7, 11) is -2.53. The molecule has 17 heavy (non-hydrogen) atoms. The topological polar surface area (TPSA) is 17.1 Å². The quantitative estimate of drug-likeness (QED) is 0.562. The molecule has 0 aromatic heterocycles. The van der Waals surface area contributed by atoms with Crippen LogP contribution in [0.2, 0.25) is 38.3 Å². The molecule has 0 spiro atoms. The van der Waals surface area contributed by atoms with Gasteiger partial charge in [0, 0.05) is 5.56 Å². The lowest BCUT2D eigenvalue weighted by molar-refractivity contribution is 0.101. The van der Waals surface area contributed by atoms with Gasteiger partial charge in [0.15, 0.2) is 5.78 Å². The van der Waals surface area contributed by atoms with Crippen LogP contribution in [0.25, 0.3) is 0 Å². The van der Waals surface area contributed by atoms with Gasteiger partial charge in [-0.25, -0.2) is 0 Å². The fourth-order valence-electron chi connectivity index (χ4n) is 2.81. The minimum atomic E-state index is -1.29. The Morgan fingerprint density at radius 2 is 1.53 bits per heavy atom. The molecule has 3 heteroatoms. The van der Waals surface area contributed by atoms with Gasteiger partial charge in [0.25, 0.3) is 0 Å². The Kier molecular flexibility index (Phi) is 2.94. The summed E-state index contributed by atoms with van der Waals surface area (Å²) in [5, 5.41) is 3.18. The average Bonchev–Trinajstić information content (AvgIpc) is 2.24. The van der Waals surface area contributed by atoms with Gasteiger partial charge >= 0.3 is 0 Å². The lowest BCUT2D eigenvalue weighted by Gasteiger charge is -2.39. The van der Waals surface area contributed by atoms with Crippen molar-refractivity contribution in [1.29, 1.82) is 0 Å². The highest BCUT2D eigenvalue weighted by Gasteiger charge is 2.39. The average molecular weight is 263 g/mol. The van der Waals surface area contributed by atoms with E-state index >= 15 is 0 Å². The molecule has 0 aliphatic carbocycles. The zero-order chi connectivity index (χ0) is 12.8. The Bertz CT molecular complexity index is 475. The SMILES string of the molecule is CC(=O)c1ccc2c(c1)[Si](C)(C)CC[Si]2(C)C. The predicted octanol–water partition coefficient (Wildman–Crippen LogP) is 2.73. The second-order valence-electron chi connectivity index (χ2n) is 6.58. The third kappa shape index (κ3) is 2.18. The Morgan fingerprint density at radius 1 is 1.00 bits per heavy atom. The van der Waals surface area contributed by atoms with E-state index in [9.17, 15) is 4.79 Å². The summed E-state index contributed by atoms with van der Waals surface area (Å²) >= 11 is 0. The molecule has 0 radical (unpaired) electrons. The van der Waals surface area contributed by atoms with E-state index in [2.05, 4.69) is 38.3 Å². The van der Waals surface area contributed by atoms with Crippen LogP contribution in [0.15, 0.2) is 18.2 Å². The molecule has 0 unspecified atom stereocenters. The molecule has 92 valence electrons. The number of hydrogen-bond acceptors (Lipinski definition) is 1. The third-order valence-corrected chi connectivity index (χ3v) is 11.8. The lowest BCUT2D eigenvalue weighted by Crippen LogP contribution is -2.63. The van der Waals surface area contributed by atoms with Crippen molar-refractivity contribution in [1.82, 2.24) is 0 Å². The van der Waals surface area contributed by atoms with Gasteiger partial charge in [0.1, 0.15) is 0 Å². The molecule has 1 aromatic carbocycles. The highest BCUT2D eigenvalue weighted by atomic mass is 28.3. The van der Waals surface area contributed by atoms with Crippen LogP contribution in [0.1, 0.15) is 17.3 Å². The van der Waals surface area contributed by atoms with Crippen LogP contribution in [0.5, 0.6) is 0 Å². The molecule has 1 nitrogen and oxygen atoms in total. The van der Waals surface area contributed by atoms with Crippen molar-refractivity contribution < 1.29 is 4.79 Å². The zero-order valence-electron chi connectivity index (χ0n) is 11.6. The molecule has 0 saturated carbocycles. The molecular weight excluding hydrogens is 240 g/mol. The van der Waals surface area contributed by atoms with Gasteiger partial charge < -0.3 is 0 Å². The van der Waals surface area contributed by atoms with Gasteiger partial charge in [-0.05, 0) is 6.92 Å². The smallest absolute Gasteiger partial charge is 0.159 e. The highest BCUT2D eigenvalue weighted by Crippen LogP contribution is 2.25. The number of hydrogen-bond donors (Lipinski definition) is 0. The van der Waals surface area contributed by atoms with Crippen LogP contribution < -0.4 is 10.4 Å². The van der Waals surface area contributed by atoms with Gasteiger partial charge in [-0.2, -0.15) is 0 Å². The molecule has 0 amide bonds. The summed E-state index contributed by atoms with van der Waals surface area (Å²) in [6, 6.07) is 9.30. The molecule has 1 aliphatic rings. The zero-order valence-corrected chi connectivity index (χ0v) is 13.6. The second-order valence-corrected chi connectivity index (χ2v) is 16.2. The first kappa shape index (κ1) is 12.8. The number of rotatable bonds is 1. The molecule has 0 bridgehead atoms. The fourth-order valence-corrected chi connectivity index (χ4v) is 13.1. The van der Waals surface area contributed by atoms with E-state index in [0.717, 1.165) is 5.56 Å². The second kappa shape index (κ2) is 3.92. The highest BCUT2D eigenvalue weighted by molar-refractivity contribution is 7.03. The normalized spacial score (nSPS) is 20.8. The summed E-state index contributed by atoms with van der Waals surface area (Å²) in [6.45, 7) is 11.5. The van der Waals surface area contributed by atoms with Crippen LogP contribution in [0, 0.1) is 0 Å². The molecule has 0 saturated heterocycles. The van der Waals surface area contributed by atoms with Gasteiger partial charge in [-0.15, -0.1) is 0 Å². The minimum absolute atomic E-state index is 0.197. The number of fused-ring (bicyclic) bond motifs is 1. The van der Waals surface area contributed by atoms with Gasteiger partial charge in [0.05, 0.1) is 16.1 Å². The molecular formula is C14H22OSi2. The molecule has 0 atom stereocenters. The number of benzene rings is 1. The van der Waals surface area contributed by atoms with Crippen molar-refractivity contribution in [3.63, 3.8) is 0 Å². The molecule has 1 aromatic rings. The number of carbonyl (C=O) groups is 1. The number of Topliss-reactive ketones (excluding diaryl/α,β-unsaturated/α-hetero) is 1. The van der Waals surface area contributed by atoms with Crippen molar-refractivity contribution in [2.24, 2.45) is 0 Å². The van der Waals surface area contributed by atoms with Crippen LogP contribution in [-0.4, -0.2) is 21.9 Å². The number of carbonyl (C=O) groups excluding carboxylic acids is 1. The molecule has 1 heterocycles. The lowest BCUT2D eigenvalue weighted by atomic mass is 10.1. The van der Waals surface area contributed by atoms with Gasteiger partial charge in [0.2, 0.25) is 0 Å². The van der Waals surface area contributed by atoms with E-state index in [-0.39, 0.29) is 5.78 Å². The summed E-state index contributed by atoms with van der Waals surface area (Å²) < 4.78 is 0. The Morgan fingerprint density at radius 3 is 2.06 bits per heavy atom. The molecule has 0 fully saturated rings. The summed E-state index contributed by atoms with van der Waals surface area (Å²) in [5.74, 6) is 0.197. The Hall–Kier alpha value is -0.676. The fraction of sp³-hybridized carbons (Fsp3) is 0.500. The van der Waals surface area contributed by atoms with Gasteiger partial charge in [-0.1, -0.05) is 66.8 Å². The minimum Gasteiger partial charge on any atom is -0.295 e. The van der Waals surface area contributed by atoms with Crippen LogP contribution >= 0.6 is 0 Å². The Balaban J connectivity index is 2.64. The van der Waals surface area contributed by atoms with Gasteiger partial charge in [-0.3, -0.25) is 4.79 Å². The summed E-state index contributed by atoms with van der Waals surface area (Å²) in [4.78, 5) is 11.5. The maximum atomic E-state index is 11.5. The third-order valence-electron chi connectivity index (χ3n) is 4.26. The summed E-state index contributed by atoms with van der Waals surface area (Å²) in [5.41, 5.74) is 0.899. The summed E-state index contributed by atoms with van der Waals surface area (Å²) in [6.07, 6.45) is 0. The van der Waals surface area contributed by atoms with E-state index in [1.54, 1.807) is 17.3 Å². The predicted molar refractivity (Wildman–Crippen MR) is 80.3 cm³/mol. The molecule has 1 aliphatic heterocycles. The van der Waals surface area contributed by atoms with E-state index in [1.807, 2.05) is 6.07 Å². The van der Waals surface area contributed by atoms with Crippen molar-refractivity contribution in [2.75, 3.05) is 0 Å². The van der Waals surface area contributed by atoms with Crippen molar-refractivity contribution in [3.8, 4) is 0 Å².